The Labute approximate surface area is 124 Å². The van der Waals surface area contributed by atoms with Gasteiger partial charge in [0.25, 0.3) is 5.91 Å². The van der Waals surface area contributed by atoms with Crippen molar-refractivity contribution in [2.75, 3.05) is 5.32 Å². The summed E-state index contributed by atoms with van der Waals surface area (Å²) >= 11 is 3.31. The van der Waals surface area contributed by atoms with E-state index in [4.69, 9.17) is 0 Å². The van der Waals surface area contributed by atoms with Gasteiger partial charge in [0.2, 0.25) is 0 Å². The number of halogens is 1. The van der Waals surface area contributed by atoms with Crippen molar-refractivity contribution < 1.29 is 4.79 Å². The molecule has 1 aromatic carbocycles. The molecule has 3 aromatic rings. The van der Waals surface area contributed by atoms with Gasteiger partial charge >= 0.3 is 0 Å². The molecule has 0 aliphatic carbocycles. The summed E-state index contributed by atoms with van der Waals surface area (Å²) in [5, 5.41) is 3.89. The predicted octanol–water partition coefficient (Wildman–Crippen LogP) is 3.89. The molecule has 2 heterocycles. The van der Waals surface area contributed by atoms with Gasteiger partial charge in [0.05, 0.1) is 11.2 Å². The number of nitrogens with zero attached hydrogens (tertiary/aromatic N) is 1. The molecule has 0 saturated carbocycles. The number of hydrogen-bond donors (Lipinski definition) is 2. The number of amides is 1. The summed E-state index contributed by atoms with van der Waals surface area (Å²) in [7, 11) is 0. The number of aromatic nitrogens is 2. The molecule has 0 spiro atoms. The fourth-order valence-corrected chi connectivity index (χ4v) is 2.38. The highest BCUT2D eigenvalue weighted by atomic mass is 79.9. The minimum Gasteiger partial charge on any atom is -0.356 e. The molecule has 0 saturated heterocycles. The summed E-state index contributed by atoms with van der Waals surface area (Å²) in [6.07, 6.45) is 1.72. The first-order valence-electron chi connectivity index (χ1n) is 6.15. The number of fused-ring (bicyclic) bond motifs is 1. The number of nitrogens with one attached hydrogen (secondary N) is 2. The fourth-order valence-electron chi connectivity index (χ4n) is 2.03. The minimum absolute atomic E-state index is 0.188. The molecule has 3 rings (SSSR count). The first kappa shape index (κ1) is 12.9. The minimum atomic E-state index is -0.188. The summed E-state index contributed by atoms with van der Waals surface area (Å²) in [6.45, 7) is 1.93. The molecule has 0 aliphatic rings. The monoisotopic (exact) mass is 329 g/mol. The number of carbonyl (C=O) groups excluding carboxylic acids is 1. The van der Waals surface area contributed by atoms with Gasteiger partial charge in [-0.1, -0.05) is 18.2 Å². The largest absolute Gasteiger partial charge is 0.356 e. The lowest BCUT2D eigenvalue weighted by Gasteiger charge is -2.07. The second kappa shape index (κ2) is 5.09. The first-order valence-corrected chi connectivity index (χ1v) is 6.94. The Morgan fingerprint density at radius 2 is 2.15 bits per heavy atom. The Morgan fingerprint density at radius 1 is 1.30 bits per heavy atom. The van der Waals surface area contributed by atoms with E-state index in [-0.39, 0.29) is 5.91 Å². The number of anilines is 1. The molecular weight excluding hydrogens is 318 g/mol. The maximum atomic E-state index is 12.2. The Kier molecular flexibility index (Phi) is 3.28. The number of para-hydroxylation sites is 1. The Hall–Kier alpha value is -2.14. The van der Waals surface area contributed by atoms with Crippen molar-refractivity contribution >= 4 is 38.4 Å². The van der Waals surface area contributed by atoms with Crippen LogP contribution in [0.2, 0.25) is 0 Å². The number of aromatic amines is 1. The Balaban J connectivity index is 1.98. The van der Waals surface area contributed by atoms with Gasteiger partial charge in [-0.05, 0) is 41.1 Å². The van der Waals surface area contributed by atoms with Crippen molar-refractivity contribution in [2.45, 2.75) is 6.92 Å². The van der Waals surface area contributed by atoms with Crippen molar-refractivity contribution in [2.24, 2.45) is 0 Å². The lowest BCUT2D eigenvalue weighted by molar-refractivity contribution is 0.102. The first-order chi connectivity index (χ1) is 9.63. The number of H-pyrrole nitrogens is 1. The van der Waals surface area contributed by atoms with E-state index in [0.717, 1.165) is 21.1 Å². The zero-order valence-corrected chi connectivity index (χ0v) is 12.4. The van der Waals surface area contributed by atoms with E-state index in [1.54, 1.807) is 12.3 Å². The summed E-state index contributed by atoms with van der Waals surface area (Å²) in [4.78, 5) is 19.6. The van der Waals surface area contributed by atoms with Gasteiger partial charge in [0.1, 0.15) is 5.69 Å². The van der Waals surface area contributed by atoms with Crippen molar-refractivity contribution in [1.29, 1.82) is 0 Å². The van der Waals surface area contributed by atoms with Crippen molar-refractivity contribution in [3.8, 4) is 0 Å². The molecule has 0 unspecified atom stereocenters. The average molecular weight is 330 g/mol. The topological polar surface area (TPSA) is 57.8 Å². The van der Waals surface area contributed by atoms with Gasteiger partial charge < -0.3 is 10.3 Å². The zero-order chi connectivity index (χ0) is 14.1. The zero-order valence-electron chi connectivity index (χ0n) is 10.8. The molecule has 0 fully saturated rings. The van der Waals surface area contributed by atoms with Gasteiger partial charge in [0, 0.05) is 21.7 Å². The van der Waals surface area contributed by atoms with Crippen molar-refractivity contribution in [3.63, 3.8) is 0 Å². The lowest BCUT2D eigenvalue weighted by atomic mass is 10.1. The third-order valence-corrected chi connectivity index (χ3v) is 3.46. The Morgan fingerprint density at radius 3 is 2.90 bits per heavy atom. The summed E-state index contributed by atoms with van der Waals surface area (Å²) in [6, 6.07) is 11.4. The number of rotatable bonds is 2. The third-order valence-electron chi connectivity index (χ3n) is 3.00. The molecule has 0 aliphatic heterocycles. The van der Waals surface area contributed by atoms with Gasteiger partial charge in [-0.3, -0.25) is 9.78 Å². The molecule has 0 atom stereocenters. The molecule has 4 nitrogen and oxygen atoms in total. The molecule has 1 amide bonds. The predicted molar refractivity (Wildman–Crippen MR) is 82.9 cm³/mol. The molecule has 2 N–H and O–H groups in total. The lowest BCUT2D eigenvalue weighted by Crippen LogP contribution is -2.12. The highest BCUT2D eigenvalue weighted by molar-refractivity contribution is 9.10. The Bertz CT molecular complexity index is 795. The molecule has 5 heteroatoms. The average Bonchev–Trinajstić information content (AvgIpc) is 2.86. The van der Waals surface area contributed by atoms with Crippen LogP contribution in [-0.4, -0.2) is 15.9 Å². The summed E-state index contributed by atoms with van der Waals surface area (Å²) < 4.78 is 0.842. The van der Waals surface area contributed by atoms with Gasteiger partial charge in [-0.25, -0.2) is 0 Å². The van der Waals surface area contributed by atoms with Gasteiger partial charge in [-0.2, -0.15) is 0 Å². The van der Waals surface area contributed by atoms with Crippen LogP contribution < -0.4 is 5.32 Å². The van der Waals surface area contributed by atoms with Crippen LogP contribution in [0.15, 0.2) is 47.1 Å². The van der Waals surface area contributed by atoms with Crippen LogP contribution >= 0.6 is 15.9 Å². The molecule has 2 aromatic heterocycles. The number of hydrogen-bond acceptors (Lipinski definition) is 2. The van der Waals surface area contributed by atoms with Gasteiger partial charge in [-0.15, -0.1) is 0 Å². The smallest absolute Gasteiger partial charge is 0.272 e. The molecule has 0 radical (unpaired) electrons. The van der Waals surface area contributed by atoms with E-state index in [2.05, 4.69) is 31.2 Å². The molecule has 0 bridgehead atoms. The van der Waals surface area contributed by atoms with E-state index in [9.17, 15) is 4.79 Å². The standard InChI is InChI=1S/C15H12BrN3O/c1-9-5-6-10-3-2-4-12(14(10)18-9)19-15(20)13-7-11(16)8-17-13/h2-8,17H,1H3,(H,19,20). The van der Waals surface area contributed by atoms with E-state index in [0.29, 0.717) is 11.4 Å². The number of aryl methyl sites for hydroxylation is 1. The van der Waals surface area contributed by atoms with E-state index in [1.165, 1.54) is 0 Å². The molecule has 20 heavy (non-hydrogen) atoms. The van der Waals surface area contributed by atoms with Gasteiger partial charge in [0.15, 0.2) is 0 Å². The van der Waals surface area contributed by atoms with Crippen molar-refractivity contribution in [1.82, 2.24) is 9.97 Å². The van der Waals surface area contributed by atoms with E-state index in [1.807, 2.05) is 37.3 Å². The maximum absolute atomic E-state index is 12.2. The normalized spacial score (nSPS) is 10.7. The highest BCUT2D eigenvalue weighted by Crippen LogP contribution is 2.22. The van der Waals surface area contributed by atoms with Crippen LogP contribution in [0.5, 0.6) is 0 Å². The number of benzene rings is 1. The third kappa shape index (κ3) is 2.44. The highest BCUT2D eigenvalue weighted by Gasteiger charge is 2.10. The summed E-state index contributed by atoms with van der Waals surface area (Å²) in [5.74, 6) is -0.188. The van der Waals surface area contributed by atoms with Crippen LogP contribution in [0.1, 0.15) is 16.2 Å². The maximum Gasteiger partial charge on any atom is 0.272 e. The van der Waals surface area contributed by atoms with Crippen LogP contribution in [-0.2, 0) is 0 Å². The van der Waals surface area contributed by atoms with E-state index < -0.39 is 0 Å². The quantitative estimate of drug-likeness (QED) is 0.749. The number of pyridine rings is 1. The van der Waals surface area contributed by atoms with Crippen LogP contribution in [0.4, 0.5) is 5.69 Å². The second-order valence-corrected chi connectivity index (χ2v) is 5.43. The van der Waals surface area contributed by atoms with Crippen molar-refractivity contribution in [3.05, 3.63) is 58.5 Å². The van der Waals surface area contributed by atoms with Crippen LogP contribution in [0.25, 0.3) is 10.9 Å². The van der Waals surface area contributed by atoms with E-state index >= 15 is 0 Å². The molecule has 100 valence electrons. The number of carbonyl (C=O) groups is 1. The SMILES string of the molecule is Cc1ccc2cccc(NC(=O)c3cc(Br)c[nH]3)c2n1. The molecular formula is C15H12BrN3O. The summed E-state index contributed by atoms with van der Waals surface area (Å²) in [5.41, 5.74) is 2.93. The van der Waals surface area contributed by atoms with Crippen LogP contribution in [0.3, 0.4) is 0 Å². The van der Waals surface area contributed by atoms with Crippen LogP contribution in [0, 0.1) is 6.92 Å². The second-order valence-electron chi connectivity index (χ2n) is 4.52. The fraction of sp³-hybridized carbons (Fsp3) is 0.0667.